The summed E-state index contributed by atoms with van der Waals surface area (Å²) < 4.78 is 5.34. The zero-order chi connectivity index (χ0) is 16.8. The number of aliphatic hydroxyl groups excluding tert-OH is 1. The Morgan fingerprint density at radius 1 is 1.17 bits per heavy atom. The largest absolute Gasteiger partial charge is 0.481 e. The van der Waals surface area contributed by atoms with Gasteiger partial charge in [0.2, 0.25) is 5.88 Å². The lowest BCUT2D eigenvalue weighted by atomic mass is 9.89. The highest BCUT2D eigenvalue weighted by atomic mass is 16.5. The van der Waals surface area contributed by atoms with Gasteiger partial charge in [-0.2, -0.15) is 0 Å². The molecule has 2 heterocycles. The zero-order valence-electron chi connectivity index (χ0n) is 14.3. The minimum Gasteiger partial charge on any atom is -0.481 e. The summed E-state index contributed by atoms with van der Waals surface area (Å²) in [5.41, 5.74) is 2.17. The maximum atomic E-state index is 10.4. The first-order valence-corrected chi connectivity index (χ1v) is 8.69. The average Bonchev–Trinajstić information content (AvgIpc) is 2.64. The van der Waals surface area contributed by atoms with Crippen molar-refractivity contribution >= 4 is 0 Å². The van der Waals surface area contributed by atoms with Gasteiger partial charge in [0.05, 0.1) is 13.2 Å². The number of piperidine rings is 1. The molecule has 1 aromatic carbocycles. The van der Waals surface area contributed by atoms with Crippen LogP contribution in [-0.4, -0.2) is 35.2 Å². The Kier molecular flexibility index (Phi) is 5.83. The maximum Gasteiger partial charge on any atom is 0.217 e. The molecule has 1 fully saturated rings. The summed E-state index contributed by atoms with van der Waals surface area (Å²) in [6, 6.07) is 14.0. The van der Waals surface area contributed by atoms with Crippen LogP contribution >= 0.6 is 0 Å². The van der Waals surface area contributed by atoms with Crippen LogP contribution in [0.2, 0.25) is 0 Å². The number of ether oxygens (including phenoxy) is 1. The molecule has 1 unspecified atom stereocenters. The normalized spacial score (nSPS) is 17.6. The summed E-state index contributed by atoms with van der Waals surface area (Å²) in [5.74, 6) is 1.31. The van der Waals surface area contributed by atoms with E-state index < -0.39 is 0 Å². The molecule has 1 N–H and O–H groups in total. The van der Waals surface area contributed by atoms with Gasteiger partial charge in [-0.1, -0.05) is 36.4 Å². The van der Waals surface area contributed by atoms with Crippen LogP contribution in [0.1, 0.15) is 36.5 Å². The van der Waals surface area contributed by atoms with E-state index in [0.717, 1.165) is 55.9 Å². The van der Waals surface area contributed by atoms with E-state index in [9.17, 15) is 5.11 Å². The Morgan fingerprint density at radius 2 is 1.92 bits per heavy atom. The highest BCUT2D eigenvalue weighted by Gasteiger charge is 2.23. The molecular weight excluding hydrogens is 300 g/mol. The second-order valence-corrected chi connectivity index (χ2v) is 6.55. The first-order valence-electron chi connectivity index (χ1n) is 8.69. The number of nitrogens with zero attached hydrogens (tertiary/aromatic N) is 2. The van der Waals surface area contributed by atoms with Gasteiger partial charge in [-0.15, -0.1) is 0 Å². The van der Waals surface area contributed by atoms with Crippen molar-refractivity contribution < 1.29 is 9.84 Å². The van der Waals surface area contributed by atoms with E-state index in [4.69, 9.17) is 4.74 Å². The molecule has 4 heteroatoms. The summed E-state index contributed by atoms with van der Waals surface area (Å²) >= 11 is 0. The molecule has 0 aliphatic carbocycles. The molecule has 0 bridgehead atoms. The van der Waals surface area contributed by atoms with Crippen molar-refractivity contribution in [1.29, 1.82) is 0 Å². The molecule has 1 saturated heterocycles. The lowest BCUT2D eigenvalue weighted by molar-refractivity contribution is 0.105. The van der Waals surface area contributed by atoms with Gasteiger partial charge < -0.3 is 9.84 Å². The van der Waals surface area contributed by atoms with Crippen LogP contribution in [0.3, 0.4) is 0 Å². The summed E-state index contributed by atoms with van der Waals surface area (Å²) in [6.07, 6.45) is 4.54. The standard InChI is InChI=1S/C20H26N2O2/c1-24-20-18(8-5-11-21-20)15-22-12-9-16(10-13-22)14-19(23)17-6-3-2-4-7-17/h2-8,11,16,19,23H,9-10,12-15H2,1H3. The Bertz CT molecular complexity index is 625. The maximum absolute atomic E-state index is 10.4. The second kappa shape index (κ2) is 8.27. The SMILES string of the molecule is COc1ncccc1CN1CCC(CC(O)c2ccccc2)CC1. The van der Waals surface area contributed by atoms with Gasteiger partial charge in [-0.3, -0.25) is 4.90 Å². The molecule has 3 rings (SSSR count). The monoisotopic (exact) mass is 326 g/mol. The molecular formula is C20H26N2O2. The van der Waals surface area contributed by atoms with E-state index in [1.165, 1.54) is 0 Å². The van der Waals surface area contributed by atoms with Crippen molar-refractivity contribution in [2.24, 2.45) is 5.92 Å². The molecule has 0 spiro atoms. The van der Waals surface area contributed by atoms with Gasteiger partial charge in [0.1, 0.15) is 0 Å². The molecule has 1 aliphatic heterocycles. The van der Waals surface area contributed by atoms with E-state index >= 15 is 0 Å². The van der Waals surface area contributed by atoms with E-state index in [0.29, 0.717) is 5.92 Å². The molecule has 0 saturated carbocycles. The first-order chi connectivity index (χ1) is 11.8. The summed E-state index contributed by atoms with van der Waals surface area (Å²) in [5, 5.41) is 10.4. The lowest BCUT2D eigenvalue weighted by Crippen LogP contribution is -2.33. The van der Waals surface area contributed by atoms with Crippen LogP contribution in [0, 0.1) is 5.92 Å². The van der Waals surface area contributed by atoms with Crippen LogP contribution in [-0.2, 0) is 6.54 Å². The van der Waals surface area contributed by atoms with E-state index in [1.807, 2.05) is 36.4 Å². The van der Waals surface area contributed by atoms with E-state index in [2.05, 4.69) is 16.0 Å². The van der Waals surface area contributed by atoms with Gasteiger partial charge in [0.25, 0.3) is 0 Å². The minimum absolute atomic E-state index is 0.346. The molecule has 1 atom stereocenters. The summed E-state index contributed by atoms with van der Waals surface area (Å²) in [7, 11) is 1.67. The molecule has 1 aromatic heterocycles. The third-order valence-electron chi connectivity index (χ3n) is 4.89. The van der Waals surface area contributed by atoms with Crippen LogP contribution in [0.4, 0.5) is 0 Å². The number of likely N-dealkylation sites (tertiary alicyclic amines) is 1. The van der Waals surface area contributed by atoms with Crippen LogP contribution in [0.15, 0.2) is 48.7 Å². The van der Waals surface area contributed by atoms with Gasteiger partial charge in [-0.25, -0.2) is 4.98 Å². The smallest absolute Gasteiger partial charge is 0.217 e. The molecule has 1 aliphatic rings. The summed E-state index contributed by atoms with van der Waals surface area (Å²) in [6.45, 7) is 3.00. The van der Waals surface area contributed by atoms with Crippen molar-refractivity contribution in [3.05, 3.63) is 59.8 Å². The number of aromatic nitrogens is 1. The number of rotatable bonds is 6. The van der Waals surface area contributed by atoms with Crippen molar-refractivity contribution in [3.63, 3.8) is 0 Å². The fraction of sp³-hybridized carbons (Fsp3) is 0.450. The van der Waals surface area contributed by atoms with Crippen molar-refractivity contribution in [2.75, 3.05) is 20.2 Å². The Hall–Kier alpha value is -1.91. The molecule has 2 aromatic rings. The predicted molar refractivity (Wildman–Crippen MR) is 94.8 cm³/mol. The lowest BCUT2D eigenvalue weighted by Gasteiger charge is -2.33. The van der Waals surface area contributed by atoms with E-state index in [-0.39, 0.29) is 6.10 Å². The highest BCUT2D eigenvalue weighted by molar-refractivity contribution is 5.25. The molecule has 0 radical (unpaired) electrons. The predicted octanol–water partition coefficient (Wildman–Crippen LogP) is 3.43. The van der Waals surface area contributed by atoms with Crippen molar-refractivity contribution in [2.45, 2.75) is 31.9 Å². The molecule has 128 valence electrons. The van der Waals surface area contributed by atoms with Gasteiger partial charge in [0, 0.05) is 18.3 Å². The number of hydrogen-bond donors (Lipinski definition) is 1. The van der Waals surface area contributed by atoms with Crippen LogP contribution in [0.25, 0.3) is 0 Å². The fourth-order valence-electron chi connectivity index (χ4n) is 3.48. The van der Waals surface area contributed by atoms with Crippen molar-refractivity contribution in [1.82, 2.24) is 9.88 Å². The van der Waals surface area contributed by atoms with Gasteiger partial charge in [0.15, 0.2) is 0 Å². The number of benzene rings is 1. The number of pyridine rings is 1. The van der Waals surface area contributed by atoms with Gasteiger partial charge in [-0.05, 0) is 49.9 Å². The number of hydrogen-bond acceptors (Lipinski definition) is 4. The minimum atomic E-state index is -0.346. The molecule has 0 amide bonds. The second-order valence-electron chi connectivity index (χ2n) is 6.55. The molecule has 4 nitrogen and oxygen atoms in total. The topological polar surface area (TPSA) is 45.6 Å². The van der Waals surface area contributed by atoms with Crippen molar-refractivity contribution in [3.8, 4) is 5.88 Å². The van der Waals surface area contributed by atoms with Crippen LogP contribution in [0.5, 0.6) is 5.88 Å². The third kappa shape index (κ3) is 4.34. The van der Waals surface area contributed by atoms with Gasteiger partial charge >= 0.3 is 0 Å². The number of methoxy groups -OCH3 is 1. The first kappa shape index (κ1) is 16.9. The fourth-order valence-corrected chi connectivity index (χ4v) is 3.48. The van der Waals surface area contributed by atoms with Crippen LogP contribution < -0.4 is 4.74 Å². The average molecular weight is 326 g/mol. The quantitative estimate of drug-likeness (QED) is 0.883. The Labute approximate surface area is 144 Å². The molecule has 24 heavy (non-hydrogen) atoms. The zero-order valence-corrected chi connectivity index (χ0v) is 14.3. The highest BCUT2D eigenvalue weighted by Crippen LogP contribution is 2.29. The third-order valence-corrected chi connectivity index (χ3v) is 4.89. The summed E-state index contributed by atoms with van der Waals surface area (Å²) in [4.78, 5) is 6.72. The number of aliphatic hydroxyl groups is 1. The Balaban J connectivity index is 1.49. The van der Waals surface area contributed by atoms with E-state index in [1.54, 1.807) is 13.3 Å². The Morgan fingerprint density at radius 3 is 2.62 bits per heavy atom.